The number of aliphatic carboxylic acids is 1. The Morgan fingerprint density at radius 3 is 2.27 bits per heavy atom. The molecule has 0 heterocycles. The third-order valence-corrected chi connectivity index (χ3v) is 4.11. The van der Waals surface area contributed by atoms with Gasteiger partial charge in [0.15, 0.2) is 0 Å². The zero-order valence-corrected chi connectivity index (χ0v) is 14.2. The van der Waals surface area contributed by atoms with Crippen LogP contribution in [0.5, 0.6) is 0 Å². The van der Waals surface area contributed by atoms with Crippen molar-refractivity contribution in [3.63, 3.8) is 0 Å². The third kappa shape index (κ3) is 6.10. The third-order valence-electron chi connectivity index (χ3n) is 3.54. The fraction of sp³-hybridized carbons (Fsp3) is 0.529. The predicted octanol–water partition coefficient (Wildman–Crippen LogP) is 2.78. The Balaban J connectivity index is 2.85. The van der Waals surface area contributed by atoms with Gasteiger partial charge >= 0.3 is 5.97 Å². The van der Waals surface area contributed by atoms with Gasteiger partial charge in [-0.3, -0.25) is 9.59 Å². The minimum atomic E-state index is -1.04. The molecule has 0 bridgehead atoms. The minimum Gasteiger partial charge on any atom is -0.480 e. The molecule has 2 N–H and O–H groups in total. The summed E-state index contributed by atoms with van der Waals surface area (Å²) < 4.78 is 0. The topological polar surface area (TPSA) is 66.4 Å². The predicted molar refractivity (Wildman–Crippen MR) is 91.1 cm³/mol. The highest BCUT2D eigenvalue weighted by atomic mass is 32.1. The fourth-order valence-corrected chi connectivity index (χ4v) is 2.96. The van der Waals surface area contributed by atoms with Crippen molar-refractivity contribution < 1.29 is 14.7 Å². The van der Waals surface area contributed by atoms with Gasteiger partial charge in [-0.05, 0) is 31.2 Å². The van der Waals surface area contributed by atoms with Crippen LogP contribution in [0.1, 0.15) is 32.8 Å². The fourth-order valence-electron chi connectivity index (χ4n) is 2.30. The van der Waals surface area contributed by atoms with Crippen molar-refractivity contribution in [2.45, 2.75) is 44.9 Å². The summed E-state index contributed by atoms with van der Waals surface area (Å²) in [5.74, 6) is -1.22. The van der Waals surface area contributed by atoms with E-state index in [4.69, 9.17) is 5.11 Å². The van der Waals surface area contributed by atoms with Crippen molar-refractivity contribution in [3.8, 4) is 0 Å². The Kier molecular flexibility index (Phi) is 7.45. The maximum absolute atomic E-state index is 12.5. The maximum atomic E-state index is 12.5. The molecule has 1 aromatic rings. The first kappa shape index (κ1) is 18.6. The van der Waals surface area contributed by atoms with E-state index < -0.39 is 12.0 Å². The summed E-state index contributed by atoms with van der Waals surface area (Å²) >= 11 is 4.60. The largest absolute Gasteiger partial charge is 0.480 e. The van der Waals surface area contributed by atoms with Crippen LogP contribution < -0.4 is 5.32 Å². The summed E-state index contributed by atoms with van der Waals surface area (Å²) in [5, 5.41) is 11.4. The zero-order chi connectivity index (χ0) is 16.7. The lowest BCUT2D eigenvalue weighted by Gasteiger charge is -2.25. The number of amides is 1. The van der Waals surface area contributed by atoms with E-state index in [9.17, 15) is 9.59 Å². The number of nitrogens with one attached hydrogen (secondary N) is 1. The van der Waals surface area contributed by atoms with Gasteiger partial charge in [-0.15, -0.1) is 0 Å². The number of carbonyl (C=O) groups is 2. The lowest BCUT2D eigenvalue weighted by Crippen LogP contribution is -2.44. The van der Waals surface area contributed by atoms with Crippen LogP contribution in [0.15, 0.2) is 30.3 Å². The van der Waals surface area contributed by atoms with Gasteiger partial charge in [0, 0.05) is 5.25 Å². The van der Waals surface area contributed by atoms with Crippen LogP contribution in [0.3, 0.4) is 0 Å². The molecular weight excluding hydrogens is 298 g/mol. The highest BCUT2D eigenvalue weighted by molar-refractivity contribution is 7.81. The molecule has 0 aromatic heterocycles. The van der Waals surface area contributed by atoms with Crippen LogP contribution >= 0.6 is 12.6 Å². The molecule has 0 radical (unpaired) electrons. The summed E-state index contributed by atoms with van der Waals surface area (Å²) in [7, 11) is 0. The molecule has 1 aromatic carbocycles. The molecule has 1 amide bonds. The molecule has 0 saturated carbocycles. The normalized spacial score (nSPS) is 15.1. The lowest BCUT2D eigenvalue weighted by atomic mass is 9.90. The number of benzene rings is 1. The first-order valence-electron chi connectivity index (χ1n) is 7.56. The number of carboxylic acids is 1. The SMILES string of the molecule is CC(C)C[C@H](S)[C@H](Cc1ccccc1)C(=O)N[C@@H](C)C(=O)O. The molecule has 5 heteroatoms. The standard InChI is InChI=1S/C17H25NO3S/c1-11(2)9-15(22)14(10-13-7-5-4-6-8-13)16(19)18-12(3)17(20)21/h4-8,11-12,14-15,22H,9-10H2,1-3H3,(H,18,19)(H,20,21)/t12-,14-,15-/m0/s1. The Morgan fingerprint density at radius 1 is 1.18 bits per heavy atom. The van der Waals surface area contributed by atoms with Gasteiger partial charge in [-0.1, -0.05) is 44.2 Å². The second-order valence-corrected chi connectivity index (χ2v) is 6.72. The summed E-state index contributed by atoms with van der Waals surface area (Å²) in [5.41, 5.74) is 1.05. The molecule has 0 aliphatic rings. The van der Waals surface area contributed by atoms with Gasteiger partial charge in [0.1, 0.15) is 6.04 Å². The van der Waals surface area contributed by atoms with Crippen LogP contribution in [0, 0.1) is 11.8 Å². The molecule has 4 nitrogen and oxygen atoms in total. The number of carboxylic acid groups (broad SMARTS) is 1. The van der Waals surface area contributed by atoms with Crippen molar-refractivity contribution in [2.24, 2.45) is 11.8 Å². The molecular formula is C17H25NO3S. The molecule has 0 unspecified atom stereocenters. The van der Waals surface area contributed by atoms with Crippen LogP contribution in [0.2, 0.25) is 0 Å². The molecule has 0 aliphatic carbocycles. The van der Waals surface area contributed by atoms with Crippen LogP contribution in [-0.4, -0.2) is 28.3 Å². The monoisotopic (exact) mass is 323 g/mol. The van der Waals surface area contributed by atoms with Crippen molar-refractivity contribution in [3.05, 3.63) is 35.9 Å². The van der Waals surface area contributed by atoms with Gasteiger partial charge in [0.25, 0.3) is 0 Å². The second kappa shape index (κ2) is 8.83. The van der Waals surface area contributed by atoms with Crippen molar-refractivity contribution >= 4 is 24.5 Å². The first-order valence-corrected chi connectivity index (χ1v) is 8.08. The molecule has 0 saturated heterocycles. The number of hydrogen-bond donors (Lipinski definition) is 3. The highest BCUT2D eigenvalue weighted by Gasteiger charge is 2.28. The molecule has 0 spiro atoms. The summed E-state index contributed by atoms with van der Waals surface area (Å²) in [6.07, 6.45) is 1.36. The molecule has 122 valence electrons. The minimum absolute atomic E-state index is 0.110. The Labute approximate surface area is 137 Å². The van der Waals surface area contributed by atoms with Crippen molar-refractivity contribution in [1.82, 2.24) is 5.32 Å². The molecule has 1 rings (SSSR count). The van der Waals surface area contributed by atoms with E-state index in [2.05, 4.69) is 31.8 Å². The summed E-state index contributed by atoms with van der Waals surface area (Å²) in [4.78, 5) is 23.4. The van der Waals surface area contributed by atoms with Crippen LogP contribution in [0.25, 0.3) is 0 Å². The Bertz CT molecular complexity index is 490. The molecule has 3 atom stereocenters. The summed E-state index contributed by atoms with van der Waals surface area (Å²) in [6, 6.07) is 8.83. The van der Waals surface area contributed by atoms with E-state index in [1.165, 1.54) is 6.92 Å². The Hall–Kier alpha value is -1.49. The zero-order valence-electron chi connectivity index (χ0n) is 13.3. The van der Waals surface area contributed by atoms with Gasteiger partial charge in [0.05, 0.1) is 5.92 Å². The second-order valence-electron chi connectivity index (χ2n) is 6.06. The van der Waals surface area contributed by atoms with Gasteiger partial charge < -0.3 is 10.4 Å². The van der Waals surface area contributed by atoms with E-state index in [1.54, 1.807) is 0 Å². The summed E-state index contributed by atoms with van der Waals surface area (Å²) in [6.45, 7) is 5.64. The maximum Gasteiger partial charge on any atom is 0.325 e. The van der Waals surface area contributed by atoms with Gasteiger partial charge in [0.2, 0.25) is 5.91 Å². The number of thiol groups is 1. The first-order chi connectivity index (χ1) is 10.3. The number of rotatable bonds is 8. The number of hydrogen-bond acceptors (Lipinski definition) is 3. The van der Waals surface area contributed by atoms with Crippen molar-refractivity contribution in [1.29, 1.82) is 0 Å². The van der Waals surface area contributed by atoms with E-state index in [1.807, 2.05) is 30.3 Å². The van der Waals surface area contributed by atoms with Crippen molar-refractivity contribution in [2.75, 3.05) is 0 Å². The molecule has 0 fully saturated rings. The van der Waals surface area contributed by atoms with Crippen LogP contribution in [-0.2, 0) is 16.0 Å². The quantitative estimate of drug-likeness (QED) is 0.645. The van der Waals surface area contributed by atoms with Gasteiger partial charge in [-0.25, -0.2) is 0 Å². The van der Waals surface area contributed by atoms with E-state index in [-0.39, 0.29) is 17.1 Å². The van der Waals surface area contributed by atoms with E-state index in [0.717, 1.165) is 12.0 Å². The average molecular weight is 323 g/mol. The molecule has 0 aliphatic heterocycles. The Morgan fingerprint density at radius 2 is 1.77 bits per heavy atom. The average Bonchev–Trinajstić information content (AvgIpc) is 2.44. The lowest BCUT2D eigenvalue weighted by molar-refractivity contribution is -0.141. The molecule has 22 heavy (non-hydrogen) atoms. The van der Waals surface area contributed by atoms with Crippen LogP contribution in [0.4, 0.5) is 0 Å². The van der Waals surface area contributed by atoms with E-state index in [0.29, 0.717) is 12.3 Å². The number of carbonyl (C=O) groups excluding carboxylic acids is 1. The van der Waals surface area contributed by atoms with E-state index >= 15 is 0 Å². The van der Waals surface area contributed by atoms with Gasteiger partial charge in [-0.2, -0.15) is 12.6 Å². The smallest absolute Gasteiger partial charge is 0.325 e. The highest BCUT2D eigenvalue weighted by Crippen LogP contribution is 2.23.